The fourth-order valence-electron chi connectivity index (χ4n) is 2.31. The summed E-state index contributed by atoms with van der Waals surface area (Å²) >= 11 is 0. The zero-order valence-corrected chi connectivity index (χ0v) is 13.8. The van der Waals surface area contributed by atoms with E-state index < -0.39 is 6.10 Å². The van der Waals surface area contributed by atoms with Crippen LogP contribution in [-0.4, -0.2) is 18.2 Å². The number of aliphatic hydroxyl groups excluding tert-OH is 1. The van der Waals surface area contributed by atoms with Gasteiger partial charge in [-0.15, -0.1) is 0 Å². The normalized spacial score (nSPS) is 13.0. The predicted molar refractivity (Wildman–Crippen MR) is 88.2 cm³/mol. The summed E-state index contributed by atoms with van der Waals surface area (Å²) in [6.07, 6.45) is 1.96. The molecule has 0 amide bonds. The van der Waals surface area contributed by atoms with Crippen molar-refractivity contribution in [3.63, 3.8) is 0 Å². The van der Waals surface area contributed by atoms with Crippen molar-refractivity contribution in [3.05, 3.63) is 29.8 Å². The number of para-hydroxylation sites is 1. The summed E-state index contributed by atoms with van der Waals surface area (Å²) in [4.78, 5) is 2.45. The largest absolute Gasteiger partial charge is 0.389 e. The summed E-state index contributed by atoms with van der Waals surface area (Å²) in [6.45, 7) is 13.0. The molecule has 0 fully saturated rings. The Kier molecular flexibility index (Phi) is 7.08. The molecule has 0 aromatic heterocycles. The van der Waals surface area contributed by atoms with Crippen LogP contribution in [0.4, 0.5) is 5.69 Å². The third-order valence-corrected chi connectivity index (χ3v) is 3.68. The maximum absolute atomic E-state index is 9.98. The quantitative estimate of drug-likeness (QED) is 0.748. The summed E-state index contributed by atoms with van der Waals surface area (Å²) in [5, 5.41) is 9.98. The maximum Gasteiger partial charge on any atom is 0.0781 e. The van der Waals surface area contributed by atoms with Crippen molar-refractivity contribution in [2.45, 2.75) is 53.6 Å². The van der Waals surface area contributed by atoms with E-state index in [2.05, 4.69) is 44.7 Å². The Hall–Kier alpha value is -1.02. The first-order chi connectivity index (χ1) is 9.41. The average Bonchev–Trinajstić information content (AvgIpc) is 2.38. The lowest BCUT2D eigenvalue weighted by atomic mass is 10.0. The van der Waals surface area contributed by atoms with Crippen LogP contribution in [0.1, 0.15) is 59.1 Å². The molecule has 0 spiro atoms. The van der Waals surface area contributed by atoms with E-state index in [4.69, 9.17) is 0 Å². The van der Waals surface area contributed by atoms with Gasteiger partial charge in [0.05, 0.1) is 6.10 Å². The minimum absolute atomic E-state index is 0.410. The highest BCUT2D eigenvalue weighted by Gasteiger charge is 2.14. The van der Waals surface area contributed by atoms with E-state index in [-0.39, 0.29) is 0 Å². The highest BCUT2D eigenvalue weighted by Crippen LogP contribution is 2.27. The van der Waals surface area contributed by atoms with Gasteiger partial charge >= 0.3 is 0 Å². The van der Waals surface area contributed by atoms with Crippen LogP contribution in [0, 0.1) is 11.8 Å². The summed E-state index contributed by atoms with van der Waals surface area (Å²) in [5.74, 6) is 1.41. The highest BCUT2D eigenvalue weighted by atomic mass is 16.3. The Morgan fingerprint density at radius 3 is 1.85 bits per heavy atom. The monoisotopic (exact) mass is 277 g/mol. The van der Waals surface area contributed by atoms with Gasteiger partial charge in [0.1, 0.15) is 0 Å². The minimum atomic E-state index is -0.410. The molecule has 0 radical (unpaired) electrons. The zero-order valence-electron chi connectivity index (χ0n) is 13.8. The van der Waals surface area contributed by atoms with Gasteiger partial charge in [0.2, 0.25) is 0 Å². The Labute approximate surface area is 124 Å². The van der Waals surface area contributed by atoms with Crippen LogP contribution in [0.3, 0.4) is 0 Å². The summed E-state index contributed by atoms with van der Waals surface area (Å²) in [7, 11) is 0. The highest BCUT2D eigenvalue weighted by molar-refractivity contribution is 5.54. The number of rotatable bonds is 8. The molecule has 0 aliphatic rings. The molecule has 0 saturated heterocycles. The van der Waals surface area contributed by atoms with Gasteiger partial charge < -0.3 is 10.0 Å². The molecule has 0 aliphatic heterocycles. The third kappa shape index (κ3) is 5.54. The molecule has 1 rings (SSSR count). The molecule has 0 aliphatic carbocycles. The number of hydrogen-bond donors (Lipinski definition) is 1. The van der Waals surface area contributed by atoms with Crippen molar-refractivity contribution < 1.29 is 5.11 Å². The first-order valence-corrected chi connectivity index (χ1v) is 7.93. The van der Waals surface area contributed by atoms with Crippen molar-refractivity contribution in [1.82, 2.24) is 0 Å². The zero-order chi connectivity index (χ0) is 15.1. The Morgan fingerprint density at radius 2 is 1.40 bits per heavy atom. The first kappa shape index (κ1) is 17.0. The van der Waals surface area contributed by atoms with Crippen molar-refractivity contribution in [3.8, 4) is 0 Å². The van der Waals surface area contributed by atoms with Crippen LogP contribution in [0.2, 0.25) is 0 Å². The van der Waals surface area contributed by atoms with Crippen molar-refractivity contribution >= 4 is 5.69 Å². The van der Waals surface area contributed by atoms with E-state index in [1.54, 1.807) is 0 Å². The summed E-state index contributed by atoms with van der Waals surface area (Å²) in [5.41, 5.74) is 2.24. The van der Waals surface area contributed by atoms with Gasteiger partial charge in [-0.2, -0.15) is 0 Å². The maximum atomic E-state index is 9.98. The molecule has 0 bridgehead atoms. The fraction of sp³-hybridized carbons (Fsp3) is 0.667. The van der Waals surface area contributed by atoms with Gasteiger partial charge in [-0.3, -0.25) is 0 Å². The molecule has 0 heterocycles. The van der Waals surface area contributed by atoms with Gasteiger partial charge in [0.15, 0.2) is 0 Å². The molecule has 1 aromatic carbocycles. The van der Waals surface area contributed by atoms with E-state index in [9.17, 15) is 5.11 Å². The summed E-state index contributed by atoms with van der Waals surface area (Å²) < 4.78 is 0. The fourth-order valence-corrected chi connectivity index (χ4v) is 2.31. The Balaban J connectivity index is 2.90. The van der Waals surface area contributed by atoms with Crippen molar-refractivity contribution in [1.29, 1.82) is 0 Å². The number of aliphatic hydroxyl groups is 1. The van der Waals surface area contributed by atoms with Crippen LogP contribution < -0.4 is 4.90 Å². The molecule has 1 aromatic rings. The second-order valence-electron chi connectivity index (χ2n) is 6.59. The molecular weight excluding hydrogens is 246 g/mol. The van der Waals surface area contributed by atoms with Crippen LogP contribution >= 0.6 is 0 Å². The van der Waals surface area contributed by atoms with E-state index in [0.717, 1.165) is 18.7 Å². The van der Waals surface area contributed by atoms with Gasteiger partial charge in [0.25, 0.3) is 0 Å². The van der Waals surface area contributed by atoms with Gasteiger partial charge in [-0.05, 0) is 37.7 Å². The predicted octanol–water partition coefficient (Wildman–Crippen LogP) is 4.64. The van der Waals surface area contributed by atoms with Crippen LogP contribution in [0.5, 0.6) is 0 Å². The van der Waals surface area contributed by atoms with E-state index in [1.165, 1.54) is 18.5 Å². The topological polar surface area (TPSA) is 23.5 Å². The lowest BCUT2D eigenvalue weighted by Gasteiger charge is -2.29. The lowest BCUT2D eigenvalue weighted by molar-refractivity contribution is 0.199. The molecule has 20 heavy (non-hydrogen) atoms. The second-order valence-corrected chi connectivity index (χ2v) is 6.59. The van der Waals surface area contributed by atoms with Crippen LogP contribution in [-0.2, 0) is 0 Å². The number of nitrogens with zero attached hydrogens (tertiary/aromatic N) is 1. The molecule has 1 unspecified atom stereocenters. The Bertz CT molecular complexity index is 373. The minimum Gasteiger partial charge on any atom is -0.389 e. The van der Waals surface area contributed by atoms with E-state index in [0.29, 0.717) is 11.8 Å². The molecule has 2 nitrogen and oxygen atoms in total. The van der Waals surface area contributed by atoms with Crippen LogP contribution in [0.25, 0.3) is 0 Å². The van der Waals surface area contributed by atoms with Gasteiger partial charge in [0, 0.05) is 24.3 Å². The molecule has 114 valence electrons. The SMILES string of the molecule is CC(C)CCN(CCC(C)C)c1ccccc1C(C)O. The lowest BCUT2D eigenvalue weighted by Crippen LogP contribution is -2.28. The van der Waals surface area contributed by atoms with Crippen LogP contribution in [0.15, 0.2) is 24.3 Å². The number of anilines is 1. The first-order valence-electron chi connectivity index (χ1n) is 7.93. The van der Waals surface area contributed by atoms with Crippen molar-refractivity contribution in [2.75, 3.05) is 18.0 Å². The van der Waals surface area contributed by atoms with Crippen molar-refractivity contribution in [2.24, 2.45) is 11.8 Å². The number of hydrogen-bond acceptors (Lipinski definition) is 2. The van der Waals surface area contributed by atoms with Gasteiger partial charge in [-0.1, -0.05) is 45.9 Å². The molecule has 0 saturated carbocycles. The number of benzene rings is 1. The molecule has 1 N–H and O–H groups in total. The smallest absolute Gasteiger partial charge is 0.0781 e. The third-order valence-electron chi connectivity index (χ3n) is 3.68. The van der Waals surface area contributed by atoms with Gasteiger partial charge in [-0.25, -0.2) is 0 Å². The van der Waals surface area contributed by atoms with E-state index >= 15 is 0 Å². The Morgan fingerprint density at radius 1 is 0.900 bits per heavy atom. The standard InChI is InChI=1S/C18H31NO/c1-14(2)10-12-19(13-11-15(3)4)18-9-7-6-8-17(18)16(5)20/h6-9,14-16,20H,10-13H2,1-5H3. The van der Waals surface area contributed by atoms with E-state index in [1.807, 2.05) is 19.1 Å². The summed E-state index contributed by atoms with van der Waals surface area (Å²) in [6, 6.07) is 8.26. The molecular formula is C18H31NO. The second kappa shape index (κ2) is 8.31. The molecule has 2 heteroatoms. The average molecular weight is 277 g/mol. The molecule has 1 atom stereocenters.